The maximum Gasteiger partial charge on any atom is 0.123 e. The van der Waals surface area contributed by atoms with Gasteiger partial charge in [-0.15, -0.1) is 11.3 Å². The number of aromatic nitrogens is 1. The van der Waals surface area contributed by atoms with Gasteiger partial charge in [0.2, 0.25) is 0 Å². The van der Waals surface area contributed by atoms with Crippen LogP contribution in [-0.4, -0.2) is 11.5 Å². The monoisotopic (exact) mass is 314 g/mol. The van der Waals surface area contributed by atoms with Crippen LogP contribution in [0.5, 0.6) is 0 Å². The zero-order valence-corrected chi connectivity index (χ0v) is 13.2. The molecule has 2 aliphatic rings. The molecule has 114 valence electrons. The van der Waals surface area contributed by atoms with Gasteiger partial charge in [0.15, 0.2) is 0 Å². The number of rotatable bonds is 5. The van der Waals surface area contributed by atoms with E-state index in [1.165, 1.54) is 25.0 Å². The molecular formula is C18H19FN2S. The number of nitrogens with zero attached hydrogens (tertiary/aromatic N) is 1. The molecule has 1 aromatic heterocycles. The van der Waals surface area contributed by atoms with Gasteiger partial charge in [0.05, 0.1) is 4.88 Å². The fraction of sp³-hybridized carbons (Fsp3) is 0.389. The van der Waals surface area contributed by atoms with Crippen molar-refractivity contribution in [2.24, 2.45) is 17.8 Å². The van der Waals surface area contributed by atoms with Gasteiger partial charge in [-0.25, -0.2) is 9.37 Å². The minimum absolute atomic E-state index is 0.199. The second kappa shape index (κ2) is 5.94. The van der Waals surface area contributed by atoms with Gasteiger partial charge in [-0.05, 0) is 54.8 Å². The van der Waals surface area contributed by atoms with Gasteiger partial charge in [-0.1, -0.05) is 24.3 Å². The van der Waals surface area contributed by atoms with Crippen LogP contribution in [0, 0.1) is 23.6 Å². The molecule has 22 heavy (non-hydrogen) atoms. The number of hydrogen-bond acceptors (Lipinski definition) is 3. The Balaban J connectivity index is 1.32. The van der Waals surface area contributed by atoms with Crippen LogP contribution in [0.15, 0.2) is 42.6 Å². The highest BCUT2D eigenvalue weighted by molar-refractivity contribution is 7.15. The summed E-state index contributed by atoms with van der Waals surface area (Å²) >= 11 is 1.68. The smallest absolute Gasteiger partial charge is 0.123 e. The first-order valence-corrected chi connectivity index (χ1v) is 8.69. The lowest BCUT2D eigenvalue weighted by Crippen LogP contribution is -2.24. The first kappa shape index (κ1) is 14.1. The van der Waals surface area contributed by atoms with E-state index in [0.29, 0.717) is 0 Å². The zero-order valence-electron chi connectivity index (χ0n) is 12.3. The van der Waals surface area contributed by atoms with E-state index >= 15 is 0 Å². The van der Waals surface area contributed by atoms with Gasteiger partial charge in [0.25, 0.3) is 0 Å². The molecule has 0 amide bonds. The third-order valence-corrected chi connectivity index (χ3v) is 5.83. The van der Waals surface area contributed by atoms with Crippen molar-refractivity contribution >= 4 is 11.3 Å². The van der Waals surface area contributed by atoms with Crippen molar-refractivity contribution in [2.45, 2.75) is 19.4 Å². The molecule has 1 heterocycles. The molecule has 1 saturated carbocycles. The summed E-state index contributed by atoms with van der Waals surface area (Å²) in [6.07, 6.45) is 9.37. The number of benzene rings is 1. The van der Waals surface area contributed by atoms with Crippen molar-refractivity contribution in [3.63, 3.8) is 0 Å². The molecule has 0 radical (unpaired) electrons. The molecule has 4 rings (SSSR count). The van der Waals surface area contributed by atoms with Crippen LogP contribution < -0.4 is 5.32 Å². The lowest BCUT2D eigenvalue weighted by atomic mass is 9.94. The van der Waals surface area contributed by atoms with Crippen LogP contribution >= 0.6 is 11.3 Å². The summed E-state index contributed by atoms with van der Waals surface area (Å²) in [7, 11) is 0. The molecule has 4 heteroatoms. The number of allylic oxidation sites excluding steroid dienone is 2. The van der Waals surface area contributed by atoms with Crippen molar-refractivity contribution in [3.05, 3.63) is 53.4 Å². The average Bonchev–Trinajstić information content (AvgIpc) is 3.24. The van der Waals surface area contributed by atoms with Gasteiger partial charge in [-0.3, -0.25) is 0 Å². The van der Waals surface area contributed by atoms with Crippen LogP contribution in [0.2, 0.25) is 0 Å². The molecule has 0 aliphatic heterocycles. The maximum atomic E-state index is 13.0. The van der Waals surface area contributed by atoms with E-state index in [1.807, 2.05) is 18.3 Å². The van der Waals surface area contributed by atoms with Crippen LogP contribution in [0.4, 0.5) is 4.39 Å². The minimum atomic E-state index is -0.199. The van der Waals surface area contributed by atoms with E-state index in [-0.39, 0.29) is 5.82 Å². The fourth-order valence-electron chi connectivity index (χ4n) is 3.63. The number of thiazole rings is 1. The molecule has 3 atom stereocenters. The summed E-state index contributed by atoms with van der Waals surface area (Å²) in [6.45, 7) is 1.90. The Kier molecular flexibility index (Phi) is 3.80. The Hall–Kier alpha value is -1.52. The highest BCUT2D eigenvalue weighted by atomic mass is 32.1. The summed E-state index contributed by atoms with van der Waals surface area (Å²) in [5.41, 5.74) is 1.03. The van der Waals surface area contributed by atoms with Gasteiger partial charge >= 0.3 is 0 Å². The van der Waals surface area contributed by atoms with Crippen LogP contribution in [0.25, 0.3) is 10.4 Å². The lowest BCUT2D eigenvalue weighted by molar-refractivity contribution is 0.414. The molecule has 3 unspecified atom stereocenters. The highest BCUT2D eigenvalue weighted by Crippen LogP contribution is 2.43. The summed E-state index contributed by atoms with van der Waals surface area (Å²) in [5.74, 6) is 2.23. The minimum Gasteiger partial charge on any atom is -0.310 e. The van der Waals surface area contributed by atoms with Crippen LogP contribution in [0.3, 0.4) is 0 Å². The summed E-state index contributed by atoms with van der Waals surface area (Å²) < 4.78 is 13.0. The fourth-order valence-corrected chi connectivity index (χ4v) is 4.53. The van der Waals surface area contributed by atoms with Crippen molar-refractivity contribution in [2.75, 3.05) is 6.54 Å². The maximum absolute atomic E-state index is 13.0. The lowest BCUT2D eigenvalue weighted by Gasteiger charge is -2.17. The topological polar surface area (TPSA) is 24.9 Å². The van der Waals surface area contributed by atoms with E-state index in [4.69, 9.17) is 0 Å². The predicted octanol–water partition coefficient (Wildman–Crippen LogP) is 4.25. The third kappa shape index (κ3) is 2.85. The SMILES string of the molecule is Fc1ccc(-c2cnc(CNCC3CC4C=CC3C4)s2)cc1. The standard InChI is InChI=1S/C18H19FN2S/c19-16-5-3-13(4-6-16)17-10-21-18(22-17)11-20-9-15-8-12-1-2-14(15)7-12/h1-6,10,12,14-15,20H,7-9,11H2. The largest absolute Gasteiger partial charge is 0.310 e. The Bertz CT molecular complexity index is 677. The van der Waals surface area contributed by atoms with Gasteiger partial charge in [-0.2, -0.15) is 0 Å². The number of hydrogen-bond donors (Lipinski definition) is 1. The van der Waals surface area contributed by atoms with E-state index in [1.54, 1.807) is 11.3 Å². The quantitative estimate of drug-likeness (QED) is 0.835. The molecule has 2 aromatic rings. The third-order valence-electron chi connectivity index (χ3n) is 4.78. The highest BCUT2D eigenvalue weighted by Gasteiger charge is 2.34. The molecule has 0 saturated heterocycles. The predicted molar refractivity (Wildman–Crippen MR) is 88.1 cm³/mol. The van der Waals surface area contributed by atoms with Gasteiger partial charge in [0.1, 0.15) is 10.8 Å². The van der Waals surface area contributed by atoms with Crippen LogP contribution in [-0.2, 0) is 6.54 Å². The normalized spacial score (nSPS) is 26.0. The Morgan fingerprint density at radius 2 is 2.05 bits per heavy atom. The second-order valence-corrected chi connectivity index (χ2v) is 7.41. The number of fused-ring (bicyclic) bond motifs is 2. The van der Waals surface area contributed by atoms with Crippen molar-refractivity contribution in [1.29, 1.82) is 0 Å². The van der Waals surface area contributed by atoms with Crippen molar-refractivity contribution in [1.82, 2.24) is 10.3 Å². The molecule has 2 bridgehead atoms. The summed E-state index contributed by atoms with van der Waals surface area (Å²) in [5, 5.41) is 4.65. The van der Waals surface area contributed by atoms with Crippen molar-refractivity contribution < 1.29 is 4.39 Å². The molecule has 1 aromatic carbocycles. The summed E-state index contributed by atoms with van der Waals surface area (Å²) in [4.78, 5) is 5.57. The Morgan fingerprint density at radius 3 is 2.77 bits per heavy atom. The molecular weight excluding hydrogens is 295 g/mol. The average molecular weight is 314 g/mol. The van der Waals surface area contributed by atoms with E-state index in [9.17, 15) is 4.39 Å². The number of halogens is 1. The molecule has 2 aliphatic carbocycles. The molecule has 1 fully saturated rings. The second-order valence-electron chi connectivity index (χ2n) is 6.30. The first-order chi connectivity index (χ1) is 10.8. The molecule has 0 spiro atoms. The van der Waals surface area contributed by atoms with Gasteiger partial charge < -0.3 is 5.32 Å². The molecule has 1 N–H and O–H groups in total. The Labute approximate surface area is 134 Å². The van der Waals surface area contributed by atoms with E-state index in [2.05, 4.69) is 22.5 Å². The zero-order chi connectivity index (χ0) is 14.9. The Morgan fingerprint density at radius 1 is 1.18 bits per heavy atom. The van der Waals surface area contributed by atoms with E-state index < -0.39 is 0 Å². The molecule has 2 nitrogen and oxygen atoms in total. The van der Waals surface area contributed by atoms with Crippen molar-refractivity contribution in [3.8, 4) is 10.4 Å². The number of nitrogens with one attached hydrogen (secondary N) is 1. The van der Waals surface area contributed by atoms with Gasteiger partial charge in [0, 0.05) is 12.7 Å². The van der Waals surface area contributed by atoms with E-state index in [0.717, 1.165) is 46.3 Å². The first-order valence-electron chi connectivity index (χ1n) is 7.87. The summed E-state index contributed by atoms with van der Waals surface area (Å²) in [6, 6.07) is 6.61. The van der Waals surface area contributed by atoms with Crippen LogP contribution in [0.1, 0.15) is 17.8 Å².